The van der Waals surface area contributed by atoms with Crippen molar-refractivity contribution in [2.75, 3.05) is 11.9 Å². The lowest BCUT2D eigenvalue weighted by molar-refractivity contribution is 0.621. The Labute approximate surface area is 126 Å². The Kier molecular flexibility index (Phi) is 5.06. The lowest BCUT2D eigenvalue weighted by Gasteiger charge is -2.09. The van der Waals surface area contributed by atoms with Gasteiger partial charge < -0.3 is 5.32 Å². The maximum absolute atomic E-state index is 13.3. The third kappa shape index (κ3) is 3.54. The van der Waals surface area contributed by atoms with Crippen molar-refractivity contribution in [3.8, 4) is 11.4 Å². The summed E-state index contributed by atoms with van der Waals surface area (Å²) < 4.78 is 13.7. The molecule has 0 spiro atoms. The zero-order chi connectivity index (χ0) is 14.5. The van der Waals surface area contributed by atoms with Crippen molar-refractivity contribution in [3.05, 3.63) is 40.2 Å². The number of benzene rings is 1. The first-order valence-electron chi connectivity index (χ1n) is 6.71. The summed E-state index contributed by atoms with van der Waals surface area (Å²) in [5, 5.41) is 3.27. The smallest absolute Gasteiger partial charge is 0.161 e. The highest BCUT2D eigenvalue weighted by molar-refractivity contribution is 9.10. The molecule has 1 N–H and O–H groups in total. The van der Waals surface area contributed by atoms with Crippen LogP contribution in [0.4, 0.5) is 10.2 Å². The number of nitrogens with one attached hydrogen (secondary N) is 1. The molecule has 0 saturated carbocycles. The molecule has 1 heterocycles. The fourth-order valence-electron chi connectivity index (χ4n) is 1.79. The number of nitrogens with zero attached hydrogens (tertiary/aromatic N) is 2. The monoisotopic (exact) mass is 337 g/mol. The van der Waals surface area contributed by atoms with Crippen LogP contribution in [0.15, 0.2) is 28.7 Å². The number of hydrogen-bond donors (Lipinski definition) is 1. The molecule has 2 rings (SSSR count). The molecule has 5 heteroatoms. The van der Waals surface area contributed by atoms with E-state index in [0.29, 0.717) is 10.3 Å². The molecule has 0 aliphatic carbocycles. The van der Waals surface area contributed by atoms with E-state index in [1.165, 1.54) is 6.07 Å². The van der Waals surface area contributed by atoms with Gasteiger partial charge in [0.2, 0.25) is 0 Å². The van der Waals surface area contributed by atoms with Crippen molar-refractivity contribution in [2.45, 2.75) is 26.7 Å². The first-order valence-corrected chi connectivity index (χ1v) is 7.50. The standard InChI is InChI=1S/C15H17BrFN3/c1-3-7-18-14-9-11(4-2)19-15(20-14)10-5-6-13(17)12(16)8-10/h5-6,8-9H,3-4,7H2,1-2H3,(H,18,19,20). The molecule has 0 aliphatic heterocycles. The zero-order valence-corrected chi connectivity index (χ0v) is 13.2. The molecule has 0 fully saturated rings. The van der Waals surface area contributed by atoms with Gasteiger partial charge in [-0.25, -0.2) is 14.4 Å². The Morgan fingerprint density at radius 2 is 2.00 bits per heavy atom. The largest absolute Gasteiger partial charge is 0.370 e. The van der Waals surface area contributed by atoms with Crippen LogP contribution in [0.1, 0.15) is 26.0 Å². The summed E-state index contributed by atoms with van der Waals surface area (Å²) in [6, 6.07) is 6.77. The molecule has 1 aromatic heterocycles. The summed E-state index contributed by atoms with van der Waals surface area (Å²) in [6.07, 6.45) is 1.86. The van der Waals surface area contributed by atoms with Gasteiger partial charge in [0.05, 0.1) is 4.47 Å². The van der Waals surface area contributed by atoms with Gasteiger partial charge >= 0.3 is 0 Å². The average molecular weight is 338 g/mol. The molecule has 3 nitrogen and oxygen atoms in total. The molecule has 0 radical (unpaired) electrons. The minimum absolute atomic E-state index is 0.287. The minimum Gasteiger partial charge on any atom is -0.370 e. The second-order valence-electron chi connectivity index (χ2n) is 4.48. The summed E-state index contributed by atoms with van der Waals surface area (Å²) in [5.41, 5.74) is 1.77. The minimum atomic E-state index is -0.287. The van der Waals surface area contributed by atoms with Gasteiger partial charge in [-0.3, -0.25) is 0 Å². The Hall–Kier alpha value is -1.49. The van der Waals surface area contributed by atoms with Crippen molar-refractivity contribution in [2.24, 2.45) is 0 Å². The number of halogens is 2. The maximum Gasteiger partial charge on any atom is 0.161 e. The van der Waals surface area contributed by atoms with Gasteiger partial charge in [-0.2, -0.15) is 0 Å². The van der Waals surface area contributed by atoms with E-state index in [0.717, 1.165) is 36.5 Å². The third-order valence-corrected chi connectivity index (χ3v) is 3.48. The molecule has 0 aliphatic rings. The Morgan fingerprint density at radius 3 is 2.65 bits per heavy atom. The fourth-order valence-corrected chi connectivity index (χ4v) is 2.17. The van der Waals surface area contributed by atoms with Crippen LogP contribution < -0.4 is 5.32 Å². The van der Waals surface area contributed by atoms with Gasteiger partial charge in [-0.05, 0) is 47.0 Å². The van der Waals surface area contributed by atoms with Crippen molar-refractivity contribution < 1.29 is 4.39 Å². The number of hydrogen-bond acceptors (Lipinski definition) is 3. The highest BCUT2D eigenvalue weighted by Gasteiger charge is 2.08. The highest BCUT2D eigenvalue weighted by atomic mass is 79.9. The van der Waals surface area contributed by atoms with Gasteiger partial charge in [-0.1, -0.05) is 13.8 Å². The summed E-state index contributed by atoms with van der Waals surface area (Å²) in [6.45, 7) is 5.02. The van der Waals surface area contributed by atoms with Crippen LogP contribution in [0.2, 0.25) is 0 Å². The van der Waals surface area contributed by atoms with Crippen LogP contribution in [-0.2, 0) is 6.42 Å². The predicted molar refractivity (Wildman–Crippen MR) is 83.3 cm³/mol. The zero-order valence-electron chi connectivity index (χ0n) is 11.6. The summed E-state index contributed by atoms with van der Waals surface area (Å²) in [5.74, 6) is 1.14. The lowest BCUT2D eigenvalue weighted by Crippen LogP contribution is -2.05. The Bertz CT molecular complexity index is 602. The van der Waals surface area contributed by atoms with E-state index in [1.807, 2.05) is 6.07 Å². The van der Waals surface area contributed by atoms with E-state index in [2.05, 4.69) is 45.1 Å². The van der Waals surface area contributed by atoms with E-state index < -0.39 is 0 Å². The number of aromatic nitrogens is 2. The molecule has 106 valence electrons. The Morgan fingerprint density at radius 1 is 1.20 bits per heavy atom. The van der Waals surface area contributed by atoms with Crippen molar-refractivity contribution in [1.29, 1.82) is 0 Å². The van der Waals surface area contributed by atoms with Crippen LogP contribution in [0.3, 0.4) is 0 Å². The van der Waals surface area contributed by atoms with Gasteiger partial charge in [-0.15, -0.1) is 0 Å². The van der Waals surface area contributed by atoms with E-state index in [4.69, 9.17) is 0 Å². The third-order valence-electron chi connectivity index (χ3n) is 2.88. The molecule has 2 aromatic rings. The Balaban J connectivity index is 2.41. The average Bonchev–Trinajstić information content (AvgIpc) is 2.47. The maximum atomic E-state index is 13.3. The number of aryl methyl sites for hydroxylation is 1. The van der Waals surface area contributed by atoms with Gasteiger partial charge in [0.1, 0.15) is 11.6 Å². The van der Waals surface area contributed by atoms with Gasteiger partial charge in [0.15, 0.2) is 5.82 Å². The normalized spacial score (nSPS) is 10.6. The number of rotatable bonds is 5. The van der Waals surface area contributed by atoms with Crippen LogP contribution in [0.5, 0.6) is 0 Å². The summed E-state index contributed by atoms with van der Waals surface area (Å²) >= 11 is 3.19. The fraction of sp³-hybridized carbons (Fsp3) is 0.333. The van der Waals surface area contributed by atoms with E-state index in [-0.39, 0.29) is 5.82 Å². The van der Waals surface area contributed by atoms with Gasteiger partial charge in [0, 0.05) is 23.9 Å². The van der Waals surface area contributed by atoms with Crippen molar-refractivity contribution in [3.63, 3.8) is 0 Å². The highest BCUT2D eigenvalue weighted by Crippen LogP contribution is 2.24. The summed E-state index contributed by atoms with van der Waals surface area (Å²) in [4.78, 5) is 9.00. The quantitative estimate of drug-likeness (QED) is 0.876. The molecule has 0 bridgehead atoms. The second-order valence-corrected chi connectivity index (χ2v) is 5.33. The first-order chi connectivity index (χ1) is 9.63. The molecule has 0 saturated heterocycles. The second kappa shape index (κ2) is 6.79. The van der Waals surface area contributed by atoms with Crippen molar-refractivity contribution >= 4 is 21.7 Å². The molecular weight excluding hydrogens is 321 g/mol. The van der Waals surface area contributed by atoms with E-state index in [9.17, 15) is 4.39 Å². The van der Waals surface area contributed by atoms with Crippen LogP contribution >= 0.6 is 15.9 Å². The topological polar surface area (TPSA) is 37.8 Å². The molecule has 0 atom stereocenters. The summed E-state index contributed by atoms with van der Waals surface area (Å²) in [7, 11) is 0. The first kappa shape index (κ1) is 14.9. The lowest BCUT2D eigenvalue weighted by atomic mass is 10.2. The van der Waals surface area contributed by atoms with Gasteiger partial charge in [0.25, 0.3) is 0 Å². The predicted octanol–water partition coefficient (Wildman–Crippen LogP) is 4.43. The van der Waals surface area contributed by atoms with Crippen LogP contribution in [-0.4, -0.2) is 16.5 Å². The molecule has 1 aromatic carbocycles. The molecule has 0 unspecified atom stereocenters. The van der Waals surface area contributed by atoms with Crippen LogP contribution in [0.25, 0.3) is 11.4 Å². The SMILES string of the molecule is CCCNc1cc(CC)nc(-c2ccc(F)c(Br)c2)n1. The molecule has 0 amide bonds. The van der Waals surface area contributed by atoms with Crippen molar-refractivity contribution in [1.82, 2.24) is 9.97 Å². The van der Waals surface area contributed by atoms with E-state index in [1.54, 1.807) is 12.1 Å². The number of anilines is 1. The molecule has 20 heavy (non-hydrogen) atoms. The molecular formula is C15H17BrFN3. The van der Waals surface area contributed by atoms with E-state index >= 15 is 0 Å². The van der Waals surface area contributed by atoms with Crippen LogP contribution in [0, 0.1) is 5.82 Å².